The highest BCUT2D eigenvalue weighted by Crippen LogP contribution is 2.17. The summed E-state index contributed by atoms with van der Waals surface area (Å²) < 4.78 is 5.19. The van der Waals surface area contributed by atoms with Crippen molar-refractivity contribution >= 4 is 0 Å². The third kappa shape index (κ3) is 1.45. The molecule has 62 valence electrons. The summed E-state index contributed by atoms with van der Waals surface area (Å²) in [7, 11) is 0. The number of nitrogens with zero attached hydrogens (tertiary/aromatic N) is 1. The van der Waals surface area contributed by atoms with Gasteiger partial charge in [-0.1, -0.05) is 18.2 Å². The summed E-state index contributed by atoms with van der Waals surface area (Å²) in [5.74, 6) is 2.98. The zero-order valence-corrected chi connectivity index (χ0v) is 6.90. The van der Waals surface area contributed by atoms with E-state index in [9.17, 15) is 0 Å². The highest BCUT2D eigenvalue weighted by Gasteiger charge is 2.02. The van der Waals surface area contributed by atoms with Crippen LogP contribution >= 0.6 is 0 Å². The number of oxazole rings is 1. The van der Waals surface area contributed by atoms with Crippen molar-refractivity contribution < 1.29 is 4.42 Å². The highest BCUT2D eigenvalue weighted by molar-refractivity contribution is 5.53. The van der Waals surface area contributed by atoms with Gasteiger partial charge in [0.25, 0.3) is 0 Å². The smallest absolute Gasteiger partial charge is 0.227 e. The molecule has 0 N–H and O–H groups in total. The highest BCUT2D eigenvalue weighted by atomic mass is 16.3. The minimum absolute atomic E-state index is 0.527. The van der Waals surface area contributed by atoms with Crippen molar-refractivity contribution in [3.63, 3.8) is 0 Å². The second-order valence-corrected chi connectivity index (χ2v) is 2.55. The van der Waals surface area contributed by atoms with E-state index in [1.54, 1.807) is 0 Å². The molecule has 2 rings (SSSR count). The second-order valence-electron chi connectivity index (χ2n) is 2.55. The van der Waals surface area contributed by atoms with Gasteiger partial charge in [-0.25, -0.2) is 4.98 Å². The van der Waals surface area contributed by atoms with Crippen LogP contribution in [-0.4, -0.2) is 4.98 Å². The molecule has 1 heterocycles. The van der Waals surface area contributed by atoms with Crippen LogP contribution in [-0.2, 0) is 0 Å². The molecule has 0 aliphatic carbocycles. The summed E-state index contributed by atoms with van der Waals surface area (Å²) in [4.78, 5) is 4.10. The zero-order valence-electron chi connectivity index (χ0n) is 6.90. The van der Waals surface area contributed by atoms with Gasteiger partial charge in [0, 0.05) is 5.56 Å². The molecule has 0 amide bonds. The van der Waals surface area contributed by atoms with Crippen LogP contribution in [0.4, 0.5) is 0 Å². The molecule has 0 unspecified atom stereocenters. The van der Waals surface area contributed by atoms with Gasteiger partial charge in [0.1, 0.15) is 6.26 Å². The van der Waals surface area contributed by atoms with E-state index in [1.165, 1.54) is 6.26 Å². The molecular weight excluding hydrogens is 162 g/mol. The number of terminal acetylenes is 1. The number of rotatable bonds is 1. The molecule has 0 radical (unpaired) electrons. The van der Waals surface area contributed by atoms with Gasteiger partial charge in [-0.2, -0.15) is 0 Å². The SMILES string of the molecule is C#Cc1coc(-c2ccccc2)n1. The fourth-order valence-electron chi connectivity index (χ4n) is 1.05. The van der Waals surface area contributed by atoms with Crippen molar-refractivity contribution in [2.24, 2.45) is 0 Å². The Bertz CT molecular complexity index is 437. The Hall–Kier alpha value is -2.01. The average molecular weight is 169 g/mol. The molecule has 0 saturated carbocycles. The van der Waals surface area contributed by atoms with Crippen molar-refractivity contribution in [2.75, 3.05) is 0 Å². The lowest BCUT2D eigenvalue weighted by molar-refractivity contribution is 0.574. The molecule has 0 spiro atoms. The first-order valence-electron chi connectivity index (χ1n) is 3.88. The van der Waals surface area contributed by atoms with E-state index in [0.717, 1.165) is 5.56 Å². The molecule has 1 aromatic carbocycles. The third-order valence-corrected chi connectivity index (χ3v) is 1.67. The first kappa shape index (κ1) is 7.63. The summed E-state index contributed by atoms with van der Waals surface area (Å²) in [5, 5.41) is 0. The lowest BCUT2D eigenvalue weighted by Crippen LogP contribution is -1.76. The summed E-state index contributed by atoms with van der Waals surface area (Å²) in [6.45, 7) is 0. The maximum atomic E-state index is 5.19. The largest absolute Gasteiger partial charge is 0.443 e. The lowest BCUT2D eigenvalue weighted by Gasteiger charge is -1.91. The quantitative estimate of drug-likeness (QED) is 0.612. The summed E-state index contributed by atoms with van der Waals surface area (Å²) in [5.41, 5.74) is 1.46. The molecule has 0 aliphatic heterocycles. The van der Waals surface area contributed by atoms with Gasteiger partial charge < -0.3 is 4.42 Å². The van der Waals surface area contributed by atoms with Gasteiger partial charge in [-0.3, -0.25) is 0 Å². The average Bonchev–Trinajstić information content (AvgIpc) is 2.67. The summed E-state index contributed by atoms with van der Waals surface area (Å²) >= 11 is 0. The van der Waals surface area contributed by atoms with Crippen molar-refractivity contribution in [1.29, 1.82) is 0 Å². The van der Waals surface area contributed by atoms with Crippen LogP contribution in [0.3, 0.4) is 0 Å². The van der Waals surface area contributed by atoms with Crippen LogP contribution < -0.4 is 0 Å². The molecule has 2 heteroatoms. The van der Waals surface area contributed by atoms with Crippen LogP contribution in [0.25, 0.3) is 11.5 Å². The monoisotopic (exact) mass is 169 g/mol. The minimum atomic E-state index is 0.527. The molecular formula is C11H7NO. The zero-order chi connectivity index (χ0) is 9.10. The Kier molecular flexibility index (Phi) is 1.85. The Morgan fingerprint density at radius 3 is 2.62 bits per heavy atom. The van der Waals surface area contributed by atoms with Crippen LogP contribution in [0.15, 0.2) is 41.0 Å². The standard InChI is InChI=1S/C11H7NO/c1-2-10-8-13-11(12-10)9-6-4-3-5-7-9/h1,3-8H. The van der Waals surface area contributed by atoms with Crippen molar-refractivity contribution in [3.8, 4) is 23.8 Å². The fraction of sp³-hybridized carbons (Fsp3) is 0. The first-order valence-corrected chi connectivity index (χ1v) is 3.88. The first-order chi connectivity index (χ1) is 6.40. The molecule has 1 aromatic heterocycles. The molecule has 2 nitrogen and oxygen atoms in total. The number of benzene rings is 1. The Labute approximate surface area is 76.2 Å². The molecule has 2 aromatic rings. The second kappa shape index (κ2) is 3.16. The van der Waals surface area contributed by atoms with Crippen LogP contribution in [0.1, 0.15) is 5.69 Å². The van der Waals surface area contributed by atoms with Gasteiger partial charge in [0.15, 0.2) is 5.69 Å². The van der Waals surface area contributed by atoms with Gasteiger partial charge in [-0.05, 0) is 18.1 Å². The molecule has 0 aliphatic rings. The summed E-state index contributed by atoms with van der Waals surface area (Å²) in [6.07, 6.45) is 6.64. The van der Waals surface area contributed by atoms with Crippen molar-refractivity contribution in [2.45, 2.75) is 0 Å². The van der Waals surface area contributed by atoms with Crippen LogP contribution in [0, 0.1) is 12.3 Å². The van der Waals surface area contributed by atoms with Crippen LogP contribution in [0.5, 0.6) is 0 Å². The normalized spacial score (nSPS) is 9.46. The van der Waals surface area contributed by atoms with E-state index in [4.69, 9.17) is 10.8 Å². The number of hydrogen-bond acceptors (Lipinski definition) is 2. The van der Waals surface area contributed by atoms with E-state index in [2.05, 4.69) is 10.9 Å². The Balaban J connectivity index is 2.43. The number of hydrogen-bond donors (Lipinski definition) is 0. The molecule has 0 bridgehead atoms. The fourth-order valence-corrected chi connectivity index (χ4v) is 1.05. The predicted molar refractivity (Wildman–Crippen MR) is 49.9 cm³/mol. The van der Waals surface area contributed by atoms with Gasteiger partial charge in [0.2, 0.25) is 5.89 Å². The van der Waals surface area contributed by atoms with Gasteiger partial charge in [0.05, 0.1) is 0 Å². The Morgan fingerprint density at radius 2 is 2.00 bits per heavy atom. The Morgan fingerprint density at radius 1 is 1.23 bits per heavy atom. The van der Waals surface area contributed by atoms with Crippen LogP contribution in [0.2, 0.25) is 0 Å². The van der Waals surface area contributed by atoms with E-state index in [0.29, 0.717) is 11.6 Å². The maximum absolute atomic E-state index is 5.19. The van der Waals surface area contributed by atoms with Gasteiger partial charge >= 0.3 is 0 Å². The van der Waals surface area contributed by atoms with E-state index < -0.39 is 0 Å². The molecule has 0 fully saturated rings. The predicted octanol–water partition coefficient (Wildman–Crippen LogP) is 2.32. The minimum Gasteiger partial charge on any atom is -0.443 e. The topological polar surface area (TPSA) is 26.0 Å². The lowest BCUT2D eigenvalue weighted by atomic mass is 10.2. The van der Waals surface area contributed by atoms with E-state index >= 15 is 0 Å². The van der Waals surface area contributed by atoms with Crippen molar-refractivity contribution in [3.05, 3.63) is 42.3 Å². The summed E-state index contributed by atoms with van der Waals surface area (Å²) in [6, 6.07) is 9.64. The molecule has 0 atom stereocenters. The number of aromatic nitrogens is 1. The molecule has 13 heavy (non-hydrogen) atoms. The van der Waals surface area contributed by atoms with E-state index in [-0.39, 0.29) is 0 Å². The third-order valence-electron chi connectivity index (χ3n) is 1.67. The van der Waals surface area contributed by atoms with E-state index in [1.807, 2.05) is 30.3 Å². The molecule has 0 saturated heterocycles. The van der Waals surface area contributed by atoms with Crippen molar-refractivity contribution in [1.82, 2.24) is 4.98 Å². The maximum Gasteiger partial charge on any atom is 0.227 e. The van der Waals surface area contributed by atoms with Gasteiger partial charge in [-0.15, -0.1) is 6.42 Å².